The summed E-state index contributed by atoms with van der Waals surface area (Å²) in [7, 11) is 0. The molecule has 10 aliphatic rings. The van der Waals surface area contributed by atoms with Crippen LogP contribution in [0, 0.1) is 142 Å². The van der Waals surface area contributed by atoms with Crippen LogP contribution in [-0.4, -0.2) is 0 Å². The van der Waals surface area contributed by atoms with Gasteiger partial charge < -0.3 is 0 Å². The standard InChI is InChI=1S/C15H28.C14H26.2C13H24/c1-10(2)14-12-6-5-7-13(9-8-12)15(14)11(3)4;1-9(2)13-11-5-7-12(8-6-11)14(13)10(3)4;2*1-8(2)12-10-5-6-11(7-10)13(12)9(3)4/h10-15H,5-9H2,1-4H3;9-14H,5-8H2,1-4H3;2*8-13H,5-7H2,1-4H3. The van der Waals surface area contributed by atoms with E-state index < -0.39 is 0 Å². The highest BCUT2D eigenvalue weighted by Crippen LogP contribution is 2.59. The average molecular weight is 763 g/mol. The Bertz CT molecular complexity index is 967. The summed E-state index contributed by atoms with van der Waals surface area (Å²) in [6.45, 7) is 39.1. The van der Waals surface area contributed by atoms with Crippen LogP contribution in [0.5, 0.6) is 0 Å². The molecule has 0 nitrogen and oxygen atoms in total. The van der Waals surface area contributed by atoms with Crippen molar-refractivity contribution in [2.24, 2.45) is 142 Å². The fourth-order valence-electron chi connectivity index (χ4n) is 18.0. The maximum absolute atomic E-state index is 2.46. The molecule has 10 fully saturated rings. The summed E-state index contributed by atoms with van der Waals surface area (Å²) in [5.41, 5.74) is 0. The van der Waals surface area contributed by atoms with Gasteiger partial charge in [-0.15, -0.1) is 0 Å². The van der Waals surface area contributed by atoms with E-state index in [9.17, 15) is 0 Å². The van der Waals surface area contributed by atoms with Crippen molar-refractivity contribution >= 4 is 0 Å². The van der Waals surface area contributed by atoms with Gasteiger partial charge in [-0.2, -0.15) is 0 Å². The molecule has 0 aromatic rings. The highest BCUT2D eigenvalue weighted by atomic mass is 14.6. The molecule has 0 amide bonds. The maximum Gasteiger partial charge on any atom is -0.0329 e. The first kappa shape index (κ1) is 46.1. The molecule has 0 spiro atoms. The molecule has 10 aliphatic carbocycles. The van der Waals surface area contributed by atoms with Gasteiger partial charge in [-0.25, -0.2) is 0 Å². The second-order valence-corrected chi connectivity index (χ2v) is 24.9. The van der Waals surface area contributed by atoms with Gasteiger partial charge >= 0.3 is 0 Å². The van der Waals surface area contributed by atoms with E-state index >= 15 is 0 Å². The average Bonchev–Trinajstić information content (AvgIpc) is 3.90. The smallest absolute Gasteiger partial charge is 0.0329 e. The molecule has 322 valence electrons. The predicted octanol–water partition coefficient (Wildman–Crippen LogP) is 17.0. The van der Waals surface area contributed by atoms with Gasteiger partial charge in [-0.1, -0.05) is 130 Å². The Morgan fingerprint density at radius 3 is 0.527 bits per heavy atom. The molecule has 8 bridgehead atoms. The van der Waals surface area contributed by atoms with Crippen LogP contribution in [0.1, 0.15) is 207 Å². The summed E-state index contributed by atoms with van der Waals surface area (Å²) in [6, 6.07) is 0. The van der Waals surface area contributed by atoms with E-state index in [1.807, 2.05) is 0 Å². The lowest BCUT2D eigenvalue weighted by molar-refractivity contribution is -0.0278. The van der Waals surface area contributed by atoms with E-state index in [1.54, 1.807) is 12.8 Å². The first-order valence-electron chi connectivity index (χ1n) is 25.9. The molecule has 0 aromatic heterocycles. The first-order chi connectivity index (χ1) is 25.9. The van der Waals surface area contributed by atoms with E-state index in [-0.39, 0.29) is 0 Å². The van der Waals surface area contributed by atoms with Gasteiger partial charge in [0.2, 0.25) is 0 Å². The van der Waals surface area contributed by atoms with Crippen molar-refractivity contribution < 1.29 is 0 Å². The van der Waals surface area contributed by atoms with Gasteiger partial charge in [0.05, 0.1) is 0 Å². The van der Waals surface area contributed by atoms with Crippen molar-refractivity contribution in [3.8, 4) is 0 Å². The van der Waals surface area contributed by atoms with Gasteiger partial charge in [0.15, 0.2) is 0 Å². The zero-order valence-electron chi connectivity index (χ0n) is 40.5. The van der Waals surface area contributed by atoms with E-state index in [1.165, 1.54) is 83.5 Å². The largest absolute Gasteiger partial charge is 0.0625 e. The summed E-state index contributed by atoms with van der Waals surface area (Å²) in [5.74, 6) is 24.3. The molecular formula is C55H102. The van der Waals surface area contributed by atoms with Gasteiger partial charge in [-0.05, 0) is 219 Å². The predicted molar refractivity (Wildman–Crippen MR) is 244 cm³/mol. The fourth-order valence-corrected chi connectivity index (χ4v) is 18.0. The Kier molecular flexibility index (Phi) is 16.8. The van der Waals surface area contributed by atoms with Crippen LogP contribution in [0.4, 0.5) is 0 Å². The number of rotatable bonds is 8. The third-order valence-electron chi connectivity index (χ3n) is 19.2. The van der Waals surface area contributed by atoms with E-state index in [2.05, 4.69) is 111 Å². The van der Waals surface area contributed by atoms with Gasteiger partial charge in [-0.3, -0.25) is 0 Å². The molecule has 0 N–H and O–H groups in total. The topological polar surface area (TPSA) is 0 Å². The molecule has 0 aliphatic heterocycles. The lowest BCUT2D eigenvalue weighted by atomic mass is 9.53. The Morgan fingerprint density at radius 2 is 0.345 bits per heavy atom. The molecule has 0 radical (unpaired) electrons. The summed E-state index contributed by atoms with van der Waals surface area (Å²) in [6.07, 6.45) is 23.1. The monoisotopic (exact) mass is 763 g/mol. The lowest BCUT2D eigenvalue weighted by Gasteiger charge is -2.52. The second-order valence-electron chi connectivity index (χ2n) is 24.9. The van der Waals surface area contributed by atoms with Crippen LogP contribution in [-0.2, 0) is 0 Å². The third kappa shape index (κ3) is 10.3. The Balaban J connectivity index is 0.000000141. The third-order valence-corrected chi connectivity index (χ3v) is 19.2. The molecule has 0 saturated heterocycles. The number of hydrogen-bond acceptors (Lipinski definition) is 0. The molecule has 0 heteroatoms. The highest BCUT2D eigenvalue weighted by molar-refractivity contribution is 5.00. The van der Waals surface area contributed by atoms with Crippen LogP contribution < -0.4 is 0 Å². The zero-order chi connectivity index (χ0) is 40.5. The van der Waals surface area contributed by atoms with Crippen molar-refractivity contribution in [3.05, 3.63) is 0 Å². The van der Waals surface area contributed by atoms with Gasteiger partial charge in [0.25, 0.3) is 0 Å². The summed E-state index contributed by atoms with van der Waals surface area (Å²) >= 11 is 0. The molecular weight excluding hydrogens is 661 g/mol. The molecule has 55 heavy (non-hydrogen) atoms. The highest BCUT2D eigenvalue weighted by Gasteiger charge is 2.51. The van der Waals surface area contributed by atoms with E-state index in [4.69, 9.17) is 0 Å². The quantitative estimate of drug-likeness (QED) is 0.231. The van der Waals surface area contributed by atoms with Crippen molar-refractivity contribution in [2.45, 2.75) is 207 Å². The molecule has 10 saturated carbocycles. The summed E-state index contributed by atoms with van der Waals surface area (Å²) in [5, 5.41) is 0. The number of hydrogen-bond donors (Lipinski definition) is 0. The minimum atomic E-state index is 0.906. The SMILES string of the molecule is CC(C)C1C2CCC(C2)C1C(C)C.CC(C)C1C2CCC(C2)C1C(C)C.CC(C)C1C2CCC(CC2)C1C(C)C.CC(C)C1C2CCCC(CC2)C1C(C)C. The molecule has 0 heterocycles. The first-order valence-corrected chi connectivity index (χ1v) is 25.9. The maximum atomic E-state index is 2.46. The van der Waals surface area contributed by atoms with Crippen molar-refractivity contribution in [2.75, 3.05) is 0 Å². The van der Waals surface area contributed by atoms with E-state index in [0.29, 0.717) is 0 Å². The summed E-state index contributed by atoms with van der Waals surface area (Å²) in [4.78, 5) is 0. The second kappa shape index (κ2) is 20.0. The minimum absolute atomic E-state index is 0.906. The van der Waals surface area contributed by atoms with E-state index in [0.717, 1.165) is 142 Å². The molecule has 14 unspecified atom stereocenters. The molecule has 0 aromatic carbocycles. The molecule has 14 atom stereocenters. The van der Waals surface area contributed by atoms with Gasteiger partial charge in [0.1, 0.15) is 0 Å². The molecule has 10 rings (SSSR count). The minimum Gasteiger partial charge on any atom is -0.0625 e. The number of fused-ring (bicyclic) bond motifs is 11. The Labute approximate surface area is 347 Å². The normalized spacial score (nSPS) is 42.8. The fraction of sp³-hybridized carbons (Fsp3) is 1.00. The van der Waals surface area contributed by atoms with Crippen molar-refractivity contribution in [1.29, 1.82) is 0 Å². The lowest BCUT2D eigenvalue weighted by Crippen LogP contribution is -2.44. The van der Waals surface area contributed by atoms with Crippen molar-refractivity contribution in [1.82, 2.24) is 0 Å². The van der Waals surface area contributed by atoms with Crippen LogP contribution >= 0.6 is 0 Å². The van der Waals surface area contributed by atoms with Crippen LogP contribution in [0.2, 0.25) is 0 Å². The van der Waals surface area contributed by atoms with Crippen LogP contribution in [0.15, 0.2) is 0 Å². The van der Waals surface area contributed by atoms with Crippen LogP contribution in [0.25, 0.3) is 0 Å². The Hall–Kier alpha value is 0. The Morgan fingerprint density at radius 1 is 0.200 bits per heavy atom. The van der Waals surface area contributed by atoms with Crippen LogP contribution in [0.3, 0.4) is 0 Å². The zero-order valence-corrected chi connectivity index (χ0v) is 40.5. The summed E-state index contributed by atoms with van der Waals surface area (Å²) < 4.78 is 0. The van der Waals surface area contributed by atoms with Gasteiger partial charge in [0, 0.05) is 0 Å². The van der Waals surface area contributed by atoms with Crippen molar-refractivity contribution in [3.63, 3.8) is 0 Å².